The predicted octanol–water partition coefficient (Wildman–Crippen LogP) is 2.76. The molecule has 11 heavy (non-hydrogen) atoms. The fourth-order valence-corrected chi connectivity index (χ4v) is 1.83. The molecule has 0 amide bonds. The summed E-state index contributed by atoms with van der Waals surface area (Å²) in [5, 5.41) is 0. The highest BCUT2D eigenvalue weighted by Gasteiger charge is 2.23. The van der Waals surface area contributed by atoms with Crippen molar-refractivity contribution in [2.75, 3.05) is 13.1 Å². The minimum absolute atomic E-state index is 0.838. The summed E-state index contributed by atoms with van der Waals surface area (Å²) in [6.07, 6.45) is 1.40. The van der Waals surface area contributed by atoms with Crippen LogP contribution in [0.5, 0.6) is 0 Å². The van der Waals surface area contributed by atoms with Crippen LogP contribution < -0.4 is 0 Å². The van der Waals surface area contributed by atoms with Gasteiger partial charge in [0.1, 0.15) is 0 Å². The van der Waals surface area contributed by atoms with E-state index < -0.39 is 0 Å². The number of hydrogen-bond donors (Lipinski definition) is 0. The smallest absolute Gasteiger partial charge is 0.00699 e. The van der Waals surface area contributed by atoms with Gasteiger partial charge >= 0.3 is 0 Å². The Morgan fingerprint density at radius 3 is 2.00 bits per heavy atom. The Labute approximate surface area is 71.8 Å². The first kappa shape index (κ1) is 11.0. The minimum atomic E-state index is 0.838. The molecular formula is C10H23N. The molecule has 0 saturated carbocycles. The lowest BCUT2D eigenvalue weighted by molar-refractivity contribution is 0.280. The van der Waals surface area contributed by atoms with Crippen LogP contribution >= 0.6 is 0 Å². The van der Waals surface area contributed by atoms with Crippen LogP contribution in [-0.2, 0) is 0 Å². The van der Waals surface area contributed by atoms with Gasteiger partial charge in [-0.3, -0.25) is 0 Å². The van der Waals surface area contributed by atoms with Gasteiger partial charge in [0.05, 0.1) is 0 Å². The second kappa shape index (κ2) is 5.59. The van der Waals surface area contributed by atoms with Crippen molar-refractivity contribution in [1.82, 2.24) is 4.90 Å². The summed E-state index contributed by atoms with van der Waals surface area (Å²) in [4.78, 5) is 2.55. The van der Waals surface area contributed by atoms with Crippen LogP contribution in [0.3, 0.4) is 0 Å². The van der Waals surface area contributed by atoms with E-state index in [0.29, 0.717) is 0 Å². The summed E-state index contributed by atoms with van der Waals surface area (Å²) in [5.41, 5.74) is 0. The summed E-state index contributed by atoms with van der Waals surface area (Å²) < 4.78 is 0. The fourth-order valence-electron chi connectivity index (χ4n) is 1.83. The number of rotatable bonds is 1. The van der Waals surface area contributed by atoms with Gasteiger partial charge in [-0.1, -0.05) is 27.7 Å². The number of likely N-dealkylation sites (tertiary alicyclic amines) is 1. The van der Waals surface area contributed by atoms with Gasteiger partial charge in [-0.05, 0) is 25.8 Å². The van der Waals surface area contributed by atoms with Gasteiger partial charge in [-0.15, -0.1) is 0 Å². The van der Waals surface area contributed by atoms with Crippen LogP contribution in [0.4, 0.5) is 0 Å². The van der Waals surface area contributed by atoms with Gasteiger partial charge in [0.15, 0.2) is 0 Å². The lowest BCUT2D eigenvalue weighted by Gasteiger charge is -2.17. The van der Waals surface area contributed by atoms with Gasteiger partial charge in [0.25, 0.3) is 0 Å². The quantitative estimate of drug-likeness (QED) is 0.565. The van der Waals surface area contributed by atoms with E-state index in [2.05, 4.69) is 25.7 Å². The molecule has 0 N–H and O–H groups in total. The summed E-state index contributed by atoms with van der Waals surface area (Å²) in [6.45, 7) is 13.5. The zero-order chi connectivity index (χ0) is 8.85. The maximum Gasteiger partial charge on any atom is 0.00699 e. The SMILES string of the molecule is CC.CCN1CC(C)CC1C. The monoisotopic (exact) mass is 157 g/mol. The highest BCUT2D eigenvalue weighted by atomic mass is 15.2. The second-order valence-corrected chi connectivity index (χ2v) is 3.28. The molecule has 1 saturated heterocycles. The van der Waals surface area contributed by atoms with E-state index in [1.807, 2.05) is 13.8 Å². The first-order chi connectivity index (χ1) is 5.24. The Morgan fingerprint density at radius 2 is 1.82 bits per heavy atom. The Hall–Kier alpha value is -0.0400. The molecule has 1 heterocycles. The third-order valence-corrected chi connectivity index (χ3v) is 2.32. The molecule has 2 unspecified atom stereocenters. The van der Waals surface area contributed by atoms with E-state index in [4.69, 9.17) is 0 Å². The average Bonchev–Trinajstić information content (AvgIpc) is 2.33. The molecule has 1 fully saturated rings. The lowest BCUT2D eigenvalue weighted by Crippen LogP contribution is -2.26. The minimum Gasteiger partial charge on any atom is -0.301 e. The third kappa shape index (κ3) is 3.24. The molecule has 0 aromatic carbocycles. The maximum atomic E-state index is 2.55. The zero-order valence-corrected chi connectivity index (χ0v) is 8.72. The van der Waals surface area contributed by atoms with Crippen LogP contribution in [0.1, 0.15) is 41.0 Å². The van der Waals surface area contributed by atoms with Crippen LogP contribution in [0, 0.1) is 5.92 Å². The number of nitrogens with zero attached hydrogens (tertiary/aromatic N) is 1. The topological polar surface area (TPSA) is 3.24 Å². The van der Waals surface area contributed by atoms with Crippen LogP contribution in [0.25, 0.3) is 0 Å². The molecule has 68 valence electrons. The van der Waals surface area contributed by atoms with Gasteiger partial charge in [-0.25, -0.2) is 0 Å². The largest absolute Gasteiger partial charge is 0.301 e. The zero-order valence-electron chi connectivity index (χ0n) is 8.72. The molecule has 1 rings (SSSR count). The maximum absolute atomic E-state index is 2.55. The Kier molecular flexibility index (Phi) is 5.57. The van der Waals surface area contributed by atoms with E-state index in [1.54, 1.807) is 0 Å². The van der Waals surface area contributed by atoms with Crippen molar-refractivity contribution >= 4 is 0 Å². The van der Waals surface area contributed by atoms with E-state index in [-0.39, 0.29) is 0 Å². The van der Waals surface area contributed by atoms with Gasteiger partial charge in [0, 0.05) is 12.6 Å². The molecular weight excluding hydrogens is 134 g/mol. The summed E-state index contributed by atoms with van der Waals surface area (Å²) in [5.74, 6) is 0.931. The standard InChI is InChI=1S/C8H17N.C2H6/c1-4-9-6-7(2)5-8(9)3;1-2/h7-8H,4-6H2,1-3H3;1-2H3. The number of hydrogen-bond acceptors (Lipinski definition) is 1. The Balaban J connectivity index is 0.000000461. The lowest BCUT2D eigenvalue weighted by atomic mass is 10.1. The molecule has 1 heteroatoms. The molecule has 0 aromatic heterocycles. The summed E-state index contributed by atoms with van der Waals surface area (Å²) in [7, 11) is 0. The molecule has 1 aliphatic heterocycles. The van der Waals surface area contributed by atoms with E-state index in [9.17, 15) is 0 Å². The van der Waals surface area contributed by atoms with Gasteiger partial charge in [0.2, 0.25) is 0 Å². The van der Waals surface area contributed by atoms with E-state index in [1.165, 1.54) is 19.5 Å². The first-order valence-electron chi connectivity index (χ1n) is 4.98. The average molecular weight is 157 g/mol. The first-order valence-corrected chi connectivity index (χ1v) is 4.98. The van der Waals surface area contributed by atoms with Gasteiger partial charge in [-0.2, -0.15) is 0 Å². The van der Waals surface area contributed by atoms with Crippen molar-refractivity contribution in [3.63, 3.8) is 0 Å². The molecule has 0 radical (unpaired) electrons. The second-order valence-electron chi connectivity index (χ2n) is 3.28. The molecule has 2 atom stereocenters. The Bertz CT molecular complexity index is 90.9. The molecule has 0 spiro atoms. The van der Waals surface area contributed by atoms with Crippen molar-refractivity contribution in [3.8, 4) is 0 Å². The summed E-state index contributed by atoms with van der Waals surface area (Å²) in [6, 6.07) is 0.838. The molecule has 0 bridgehead atoms. The van der Waals surface area contributed by atoms with Crippen LogP contribution in [0.2, 0.25) is 0 Å². The molecule has 0 aliphatic carbocycles. The van der Waals surface area contributed by atoms with Crippen molar-refractivity contribution < 1.29 is 0 Å². The highest BCUT2D eigenvalue weighted by molar-refractivity contribution is 4.78. The van der Waals surface area contributed by atoms with Crippen LogP contribution in [-0.4, -0.2) is 24.0 Å². The van der Waals surface area contributed by atoms with Crippen LogP contribution in [0.15, 0.2) is 0 Å². The van der Waals surface area contributed by atoms with Crippen molar-refractivity contribution in [3.05, 3.63) is 0 Å². The predicted molar refractivity (Wildman–Crippen MR) is 51.8 cm³/mol. The molecule has 1 aliphatic rings. The van der Waals surface area contributed by atoms with Crippen molar-refractivity contribution in [2.24, 2.45) is 5.92 Å². The van der Waals surface area contributed by atoms with E-state index in [0.717, 1.165) is 12.0 Å². The molecule has 0 aromatic rings. The highest BCUT2D eigenvalue weighted by Crippen LogP contribution is 2.20. The normalized spacial score (nSPS) is 31.4. The van der Waals surface area contributed by atoms with E-state index >= 15 is 0 Å². The molecule has 1 nitrogen and oxygen atoms in total. The van der Waals surface area contributed by atoms with Crippen molar-refractivity contribution in [1.29, 1.82) is 0 Å². The van der Waals surface area contributed by atoms with Gasteiger partial charge < -0.3 is 4.90 Å². The third-order valence-electron chi connectivity index (χ3n) is 2.32. The van der Waals surface area contributed by atoms with Crippen molar-refractivity contribution in [2.45, 2.75) is 47.1 Å². The Morgan fingerprint density at radius 1 is 1.27 bits per heavy atom. The summed E-state index contributed by atoms with van der Waals surface area (Å²) >= 11 is 0. The fraction of sp³-hybridized carbons (Fsp3) is 1.00.